The molecule has 6 rings (SSSR count). The Morgan fingerprint density at radius 2 is 1.64 bits per heavy atom. The summed E-state index contributed by atoms with van der Waals surface area (Å²) in [5.41, 5.74) is 2.76. The molecule has 0 radical (unpaired) electrons. The molecular formula is C35H34FN3O8. The third kappa shape index (κ3) is 6.35. The molecule has 0 atom stereocenters. The number of aromatic nitrogens is 2. The molecule has 47 heavy (non-hydrogen) atoms. The third-order valence-electron chi connectivity index (χ3n) is 8.42. The van der Waals surface area contributed by atoms with Crippen molar-refractivity contribution in [3.8, 4) is 45.3 Å². The lowest BCUT2D eigenvalue weighted by atomic mass is 9.82. The SMILES string of the molecule is CCOc1cc(C(=O)N2CCC3(CC2)CC(=O)c2cc(-c4cnn(C)c4)ccc2O3)cc(OCC)c1-c1ccc(OC(=O)O)c(F)c1. The van der Waals surface area contributed by atoms with Gasteiger partial charge in [-0.25, -0.2) is 9.18 Å². The molecule has 1 saturated heterocycles. The number of ketones is 1. The Labute approximate surface area is 270 Å². The van der Waals surface area contributed by atoms with E-state index in [9.17, 15) is 18.8 Å². The Morgan fingerprint density at radius 1 is 0.957 bits per heavy atom. The molecule has 0 unspecified atom stereocenters. The average Bonchev–Trinajstić information content (AvgIpc) is 3.48. The number of halogens is 1. The maximum Gasteiger partial charge on any atom is 0.511 e. The summed E-state index contributed by atoms with van der Waals surface area (Å²) in [7, 11) is 1.84. The first kappa shape index (κ1) is 31.6. The number of hydrogen-bond acceptors (Lipinski definition) is 8. The molecule has 1 N–H and O–H groups in total. The standard InChI is InChI=1S/C35H34FN3O8/c1-4-44-30-16-23(17-31(45-5-2)32(30)22-7-9-29(26(36)15-22)46-34(42)43)33(41)39-12-10-35(11-13-39)18-27(40)25-14-21(6-8-28(25)47-35)24-19-37-38(3)20-24/h6-9,14-17,19-20H,4-5,10-13,18H2,1-3H3,(H,42,43). The lowest BCUT2D eigenvalue weighted by molar-refractivity contribution is -0.00573. The Hall–Kier alpha value is -5.39. The maximum atomic E-state index is 14.8. The van der Waals surface area contributed by atoms with Crippen LogP contribution >= 0.6 is 0 Å². The van der Waals surface area contributed by atoms with Crippen molar-refractivity contribution >= 4 is 17.8 Å². The Morgan fingerprint density at radius 3 is 2.23 bits per heavy atom. The van der Waals surface area contributed by atoms with E-state index in [2.05, 4.69) is 9.84 Å². The van der Waals surface area contributed by atoms with E-state index in [4.69, 9.17) is 19.3 Å². The number of aryl methyl sites for hydroxylation is 1. The molecule has 0 bridgehead atoms. The molecule has 12 heteroatoms. The number of carbonyl (C=O) groups excluding carboxylic acids is 2. The molecule has 4 aromatic rings. The van der Waals surface area contributed by atoms with Crippen molar-refractivity contribution in [2.24, 2.45) is 7.05 Å². The summed E-state index contributed by atoms with van der Waals surface area (Å²) >= 11 is 0. The number of piperidine rings is 1. The molecule has 0 aliphatic carbocycles. The molecule has 3 heterocycles. The highest BCUT2D eigenvalue weighted by Gasteiger charge is 2.44. The number of Topliss-reactive ketones (excluding diaryl/α,β-unsaturated/α-hetero) is 1. The predicted octanol–water partition coefficient (Wildman–Crippen LogP) is 6.39. The first-order valence-corrected chi connectivity index (χ1v) is 15.4. The third-order valence-corrected chi connectivity index (χ3v) is 8.42. The smallest absolute Gasteiger partial charge is 0.493 e. The summed E-state index contributed by atoms with van der Waals surface area (Å²) in [6.45, 7) is 4.86. The summed E-state index contributed by atoms with van der Waals surface area (Å²) in [5.74, 6) is -0.380. The number of rotatable bonds is 8. The van der Waals surface area contributed by atoms with Gasteiger partial charge in [-0.2, -0.15) is 5.10 Å². The van der Waals surface area contributed by atoms with Crippen LogP contribution in [0.3, 0.4) is 0 Å². The lowest BCUT2D eigenvalue weighted by Gasteiger charge is -2.44. The highest BCUT2D eigenvalue weighted by molar-refractivity contribution is 6.01. The van der Waals surface area contributed by atoms with Crippen LogP contribution in [0.2, 0.25) is 0 Å². The van der Waals surface area contributed by atoms with Gasteiger partial charge in [-0.3, -0.25) is 14.3 Å². The molecule has 2 aliphatic rings. The Kier molecular flexibility index (Phi) is 8.59. The molecule has 3 aromatic carbocycles. The van der Waals surface area contributed by atoms with E-state index < -0.39 is 23.3 Å². The molecule has 244 valence electrons. The van der Waals surface area contributed by atoms with E-state index in [1.807, 2.05) is 31.4 Å². The fraction of sp³-hybridized carbons (Fsp3) is 0.314. The highest BCUT2D eigenvalue weighted by atomic mass is 19.1. The van der Waals surface area contributed by atoms with Crippen LogP contribution in [0.5, 0.6) is 23.0 Å². The minimum atomic E-state index is -1.63. The molecular weight excluding hydrogens is 609 g/mol. The Bertz CT molecular complexity index is 1830. The van der Waals surface area contributed by atoms with E-state index >= 15 is 0 Å². The molecule has 2 aliphatic heterocycles. The summed E-state index contributed by atoms with van der Waals surface area (Å²) in [6.07, 6.45) is 3.20. The van der Waals surface area contributed by atoms with Gasteiger partial charge < -0.3 is 29.0 Å². The number of nitrogens with zero attached hydrogens (tertiary/aromatic N) is 3. The fourth-order valence-electron chi connectivity index (χ4n) is 6.19. The second kappa shape index (κ2) is 12.8. The first-order valence-electron chi connectivity index (χ1n) is 15.4. The summed E-state index contributed by atoms with van der Waals surface area (Å²) < 4.78 is 39.2. The minimum Gasteiger partial charge on any atom is -0.493 e. The highest BCUT2D eigenvalue weighted by Crippen LogP contribution is 2.43. The van der Waals surface area contributed by atoms with Crippen LogP contribution in [0, 0.1) is 5.82 Å². The number of fused-ring (bicyclic) bond motifs is 1. The van der Waals surface area contributed by atoms with Gasteiger partial charge in [0, 0.05) is 50.3 Å². The van der Waals surface area contributed by atoms with Crippen molar-refractivity contribution in [3.05, 3.63) is 77.9 Å². The van der Waals surface area contributed by atoms with Crippen molar-refractivity contribution in [2.75, 3.05) is 26.3 Å². The molecule has 1 spiro atoms. The zero-order valence-electron chi connectivity index (χ0n) is 26.2. The van der Waals surface area contributed by atoms with Crippen LogP contribution in [0.25, 0.3) is 22.3 Å². The van der Waals surface area contributed by atoms with Crippen molar-refractivity contribution in [2.45, 2.75) is 38.7 Å². The van der Waals surface area contributed by atoms with Gasteiger partial charge in [-0.05, 0) is 61.4 Å². The number of ether oxygens (including phenoxy) is 4. The van der Waals surface area contributed by atoms with Gasteiger partial charge in [0.1, 0.15) is 22.8 Å². The second-order valence-corrected chi connectivity index (χ2v) is 11.5. The van der Waals surface area contributed by atoms with E-state index in [-0.39, 0.29) is 31.3 Å². The molecule has 1 aromatic heterocycles. The lowest BCUT2D eigenvalue weighted by Crippen LogP contribution is -2.52. The monoisotopic (exact) mass is 643 g/mol. The van der Waals surface area contributed by atoms with Crippen molar-refractivity contribution < 1.29 is 42.8 Å². The van der Waals surface area contributed by atoms with Crippen LogP contribution in [-0.2, 0) is 7.05 Å². The van der Waals surface area contributed by atoms with Gasteiger partial charge in [0.05, 0.1) is 37.0 Å². The minimum absolute atomic E-state index is 0.00839. The number of amides is 1. The molecule has 1 fully saturated rings. The van der Waals surface area contributed by atoms with Crippen molar-refractivity contribution in [1.29, 1.82) is 0 Å². The molecule has 0 saturated carbocycles. The van der Waals surface area contributed by atoms with Gasteiger partial charge in [-0.1, -0.05) is 12.1 Å². The number of likely N-dealkylation sites (tertiary alicyclic amines) is 1. The summed E-state index contributed by atoms with van der Waals surface area (Å²) in [6, 6.07) is 12.6. The second-order valence-electron chi connectivity index (χ2n) is 11.5. The topological polar surface area (TPSA) is 129 Å². The van der Waals surface area contributed by atoms with E-state index in [0.29, 0.717) is 65.4 Å². The largest absolute Gasteiger partial charge is 0.511 e. The Balaban J connectivity index is 1.22. The predicted molar refractivity (Wildman–Crippen MR) is 169 cm³/mol. The van der Waals surface area contributed by atoms with Crippen LogP contribution in [0.15, 0.2) is 60.9 Å². The van der Waals surface area contributed by atoms with Crippen molar-refractivity contribution in [3.63, 3.8) is 0 Å². The first-order chi connectivity index (χ1) is 22.6. The number of carbonyl (C=O) groups is 3. The van der Waals surface area contributed by atoms with Crippen molar-refractivity contribution in [1.82, 2.24) is 14.7 Å². The number of benzene rings is 3. The average molecular weight is 644 g/mol. The van der Waals surface area contributed by atoms with E-state index in [1.165, 1.54) is 12.1 Å². The zero-order valence-corrected chi connectivity index (χ0v) is 26.2. The molecule has 11 nitrogen and oxygen atoms in total. The quantitative estimate of drug-likeness (QED) is 0.172. The van der Waals surface area contributed by atoms with Crippen LogP contribution in [0.4, 0.5) is 9.18 Å². The summed E-state index contributed by atoms with van der Waals surface area (Å²) in [5, 5.41) is 13.1. The van der Waals surface area contributed by atoms with E-state index in [1.54, 1.807) is 41.8 Å². The van der Waals surface area contributed by atoms with E-state index in [0.717, 1.165) is 17.2 Å². The van der Waals surface area contributed by atoms with Gasteiger partial charge in [0.25, 0.3) is 5.91 Å². The van der Waals surface area contributed by atoms with Crippen LogP contribution < -0.4 is 18.9 Å². The van der Waals surface area contributed by atoms with Crippen LogP contribution in [0.1, 0.15) is 53.8 Å². The normalized spacial score (nSPS) is 15.1. The maximum absolute atomic E-state index is 14.8. The summed E-state index contributed by atoms with van der Waals surface area (Å²) in [4.78, 5) is 39.8. The fourth-order valence-corrected chi connectivity index (χ4v) is 6.19. The van der Waals surface area contributed by atoms with Gasteiger partial charge in [-0.15, -0.1) is 0 Å². The number of carboxylic acid groups (broad SMARTS) is 1. The van der Waals surface area contributed by atoms with Crippen LogP contribution in [-0.4, -0.2) is 69.5 Å². The van der Waals surface area contributed by atoms with Gasteiger partial charge in [0.15, 0.2) is 17.3 Å². The molecule has 1 amide bonds. The number of hydrogen-bond donors (Lipinski definition) is 1. The zero-order chi connectivity index (χ0) is 33.3. The van der Waals surface area contributed by atoms with Gasteiger partial charge in [0.2, 0.25) is 0 Å². The van der Waals surface area contributed by atoms with Gasteiger partial charge >= 0.3 is 6.16 Å².